The van der Waals surface area contributed by atoms with E-state index < -0.39 is 6.10 Å². The van der Waals surface area contributed by atoms with Gasteiger partial charge in [0.1, 0.15) is 0 Å². The third kappa shape index (κ3) is 5.88. The third-order valence-electron chi connectivity index (χ3n) is 4.15. The van der Waals surface area contributed by atoms with Crippen molar-refractivity contribution in [1.82, 2.24) is 10.6 Å². The molecule has 1 heterocycles. The van der Waals surface area contributed by atoms with Crippen molar-refractivity contribution < 1.29 is 24.2 Å². The molecule has 2 atom stereocenters. The molecule has 1 fully saturated rings. The van der Waals surface area contributed by atoms with Crippen molar-refractivity contribution in [2.75, 3.05) is 33.9 Å². The molecule has 1 aromatic rings. The number of ether oxygens (including phenoxy) is 2. The van der Waals surface area contributed by atoms with Crippen LogP contribution in [0.15, 0.2) is 18.2 Å². The van der Waals surface area contributed by atoms with Crippen molar-refractivity contribution in [2.45, 2.75) is 18.9 Å². The minimum Gasteiger partial charge on any atom is -0.493 e. The van der Waals surface area contributed by atoms with Gasteiger partial charge >= 0.3 is 0 Å². The molecule has 8 heteroatoms. The first-order chi connectivity index (χ1) is 11.5. The summed E-state index contributed by atoms with van der Waals surface area (Å²) in [5.41, 5.74) is 0.482. The number of nitrogens with one attached hydrogen (secondary N) is 2. The Balaban J connectivity index is 0.00000312. The molecule has 7 nitrogen and oxygen atoms in total. The van der Waals surface area contributed by atoms with E-state index in [4.69, 9.17) is 9.47 Å². The lowest BCUT2D eigenvalue weighted by Gasteiger charge is -2.14. The molecule has 0 aromatic heterocycles. The van der Waals surface area contributed by atoms with Gasteiger partial charge in [0.25, 0.3) is 0 Å². The van der Waals surface area contributed by atoms with Crippen LogP contribution in [0.5, 0.6) is 11.5 Å². The summed E-state index contributed by atoms with van der Waals surface area (Å²) < 4.78 is 10.3. The summed E-state index contributed by atoms with van der Waals surface area (Å²) in [6.07, 6.45) is -0.199. The molecule has 140 valence electrons. The SMILES string of the molecule is COc1ccc(C(=O)CCC(=O)NCC2CNCC2O)cc1OC.Cl. The molecule has 3 N–H and O–H groups in total. The standard InChI is InChI=1S/C17H24N2O5.ClH/c1-23-15-5-3-11(7-16(15)24-2)13(20)4-6-17(22)19-9-12-8-18-10-14(12)21;/h3,5,7,12,14,18,21H,4,6,8-10H2,1-2H3,(H,19,22);1H. The van der Waals surface area contributed by atoms with E-state index in [1.807, 2.05) is 0 Å². The Morgan fingerprint density at radius 3 is 2.52 bits per heavy atom. The summed E-state index contributed by atoms with van der Waals surface area (Å²) in [5, 5.41) is 15.5. The number of carbonyl (C=O) groups excluding carboxylic acids is 2. The zero-order valence-electron chi connectivity index (χ0n) is 14.4. The number of rotatable bonds is 8. The van der Waals surface area contributed by atoms with E-state index in [2.05, 4.69) is 10.6 Å². The molecule has 1 saturated heterocycles. The summed E-state index contributed by atoms with van der Waals surface area (Å²) in [5.74, 6) is 0.734. The number of benzene rings is 1. The summed E-state index contributed by atoms with van der Waals surface area (Å²) in [6.45, 7) is 1.65. The molecule has 0 saturated carbocycles. The fourth-order valence-electron chi connectivity index (χ4n) is 2.64. The largest absolute Gasteiger partial charge is 0.493 e. The fourth-order valence-corrected chi connectivity index (χ4v) is 2.64. The molecule has 2 unspecified atom stereocenters. The van der Waals surface area contributed by atoms with Gasteiger partial charge in [-0.3, -0.25) is 9.59 Å². The Labute approximate surface area is 153 Å². The maximum atomic E-state index is 12.2. The topological polar surface area (TPSA) is 96.9 Å². The lowest BCUT2D eigenvalue weighted by molar-refractivity contribution is -0.121. The van der Waals surface area contributed by atoms with Gasteiger partial charge in [-0.1, -0.05) is 0 Å². The van der Waals surface area contributed by atoms with Gasteiger partial charge in [-0.05, 0) is 18.2 Å². The van der Waals surface area contributed by atoms with Gasteiger partial charge in [0.15, 0.2) is 17.3 Å². The van der Waals surface area contributed by atoms with E-state index in [1.165, 1.54) is 14.2 Å². The minimum atomic E-state index is -0.432. The van der Waals surface area contributed by atoms with Crippen LogP contribution in [0.1, 0.15) is 23.2 Å². The average Bonchev–Trinajstić information content (AvgIpc) is 3.02. The number of β-amino-alcohol motifs (C(OH)–C–C–N with tert-alkyl or cyclic N) is 1. The molecular weight excluding hydrogens is 348 g/mol. The van der Waals surface area contributed by atoms with Crippen LogP contribution in [0.3, 0.4) is 0 Å². The first-order valence-corrected chi connectivity index (χ1v) is 7.96. The first kappa shape index (κ1) is 21.2. The molecule has 1 aliphatic heterocycles. The predicted molar refractivity (Wildman–Crippen MR) is 95.7 cm³/mol. The van der Waals surface area contributed by atoms with Crippen molar-refractivity contribution in [3.8, 4) is 11.5 Å². The normalized spacial score (nSPS) is 19.0. The summed E-state index contributed by atoms with van der Waals surface area (Å²) in [7, 11) is 3.03. The number of aliphatic hydroxyl groups is 1. The van der Waals surface area contributed by atoms with Gasteiger partial charge in [-0.25, -0.2) is 0 Å². The van der Waals surface area contributed by atoms with Crippen molar-refractivity contribution >= 4 is 24.1 Å². The maximum Gasteiger partial charge on any atom is 0.220 e. The number of Topliss-reactive ketones (excluding diaryl/α,β-unsaturated/α-hetero) is 1. The molecular formula is C17H25ClN2O5. The van der Waals surface area contributed by atoms with Crippen molar-refractivity contribution in [2.24, 2.45) is 5.92 Å². The number of methoxy groups -OCH3 is 2. The second kappa shape index (κ2) is 10.2. The highest BCUT2D eigenvalue weighted by molar-refractivity contribution is 5.98. The average molecular weight is 373 g/mol. The Bertz CT molecular complexity index is 596. The third-order valence-corrected chi connectivity index (χ3v) is 4.15. The van der Waals surface area contributed by atoms with Crippen LogP contribution in [0.25, 0.3) is 0 Å². The van der Waals surface area contributed by atoms with Gasteiger partial charge < -0.3 is 25.2 Å². The van der Waals surface area contributed by atoms with E-state index in [1.54, 1.807) is 18.2 Å². The van der Waals surface area contributed by atoms with Gasteiger partial charge in [-0.2, -0.15) is 0 Å². The van der Waals surface area contributed by atoms with Gasteiger partial charge in [-0.15, -0.1) is 12.4 Å². The van der Waals surface area contributed by atoms with Crippen LogP contribution in [-0.4, -0.2) is 56.8 Å². The summed E-state index contributed by atoms with van der Waals surface area (Å²) in [4.78, 5) is 24.1. The summed E-state index contributed by atoms with van der Waals surface area (Å²) >= 11 is 0. The highest BCUT2D eigenvalue weighted by Gasteiger charge is 2.25. The van der Waals surface area contributed by atoms with E-state index in [9.17, 15) is 14.7 Å². The molecule has 1 amide bonds. The van der Waals surface area contributed by atoms with Crippen LogP contribution >= 0.6 is 12.4 Å². The second-order valence-corrected chi connectivity index (χ2v) is 5.78. The van der Waals surface area contributed by atoms with Gasteiger partial charge in [0.05, 0.1) is 20.3 Å². The van der Waals surface area contributed by atoms with Crippen molar-refractivity contribution in [3.05, 3.63) is 23.8 Å². The number of halogens is 1. The Kier molecular flexibility index (Phi) is 8.68. The minimum absolute atomic E-state index is 0. The van der Waals surface area contributed by atoms with Crippen LogP contribution in [0.4, 0.5) is 0 Å². The quantitative estimate of drug-likeness (QED) is 0.584. The first-order valence-electron chi connectivity index (χ1n) is 7.96. The highest BCUT2D eigenvalue weighted by atomic mass is 35.5. The van der Waals surface area contributed by atoms with Crippen LogP contribution in [0.2, 0.25) is 0 Å². The zero-order valence-corrected chi connectivity index (χ0v) is 15.2. The van der Waals surface area contributed by atoms with E-state index in [0.717, 1.165) is 0 Å². The van der Waals surface area contributed by atoms with Crippen molar-refractivity contribution in [3.63, 3.8) is 0 Å². The molecule has 1 aliphatic rings. The Morgan fingerprint density at radius 1 is 1.20 bits per heavy atom. The zero-order chi connectivity index (χ0) is 17.5. The van der Waals surface area contributed by atoms with E-state index >= 15 is 0 Å². The lowest BCUT2D eigenvalue weighted by atomic mass is 10.0. The number of hydrogen-bond donors (Lipinski definition) is 3. The smallest absolute Gasteiger partial charge is 0.220 e. The number of hydrogen-bond acceptors (Lipinski definition) is 6. The molecule has 0 aliphatic carbocycles. The monoisotopic (exact) mass is 372 g/mol. The predicted octanol–water partition coefficient (Wildman–Crippen LogP) is 0.785. The van der Waals surface area contributed by atoms with E-state index in [0.29, 0.717) is 36.7 Å². The van der Waals surface area contributed by atoms with Crippen LogP contribution in [0, 0.1) is 5.92 Å². The Hall–Kier alpha value is -1.83. The molecule has 1 aromatic carbocycles. The Morgan fingerprint density at radius 2 is 1.92 bits per heavy atom. The number of ketones is 1. The second-order valence-electron chi connectivity index (χ2n) is 5.78. The van der Waals surface area contributed by atoms with Gasteiger partial charge in [0, 0.05) is 44.0 Å². The molecule has 0 radical (unpaired) electrons. The molecule has 0 spiro atoms. The molecule has 0 bridgehead atoms. The maximum absolute atomic E-state index is 12.2. The molecule has 25 heavy (non-hydrogen) atoms. The summed E-state index contributed by atoms with van der Waals surface area (Å²) in [6, 6.07) is 4.93. The van der Waals surface area contributed by atoms with Crippen LogP contribution in [-0.2, 0) is 4.79 Å². The number of amides is 1. The fraction of sp³-hybridized carbons (Fsp3) is 0.529. The van der Waals surface area contributed by atoms with Crippen molar-refractivity contribution in [1.29, 1.82) is 0 Å². The van der Waals surface area contributed by atoms with Crippen LogP contribution < -0.4 is 20.1 Å². The molecule has 2 rings (SSSR count). The lowest BCUT2D eigenvalue weighted by Crippen LogP contribution is -2.34. The highest BCUT2D eigenvalue weighted by Crippen LogP contribution is 2.28. The van der Waals surface area contributed by atoms with E-state index in [-0.39, 0.29) is 42.9 Å². The van der Waals surface area contributed by atoms with Gasteiger partial charge in [0.2, 0.25) is 5.91 Å². The number of carbonyl (C=O) groups is 2. The number of aliphatic hydroxyl groups excluding tert-OH is 1.